The first-order valence-electron chi connectivity index (χ1n) is 7.46. The molecule has 0 aliphatic rings. The number of nitrogens with one attached hydrogen (secondary N) is 1. The van der Waals surface area contributed by atoms with Gasteiger partial charge < -0.3 is 10.2 Å². The molecule has 114 valence electrons. The van der Waals surface area contributed by atoms with Crippen molar-refractivity contribution < 1.29 is 0 Å². The predicted octanol–water partition coefficient (Wildman–Crippen LogP) is 4.06. The summed E-state index contributed by atoms with van der Waals surface area (Å²) >= 11 is 1.80. The quantitative estimate of drug-likeness (QED) is 0.872. The van der Waals surface area contributed by atoms with Crippen molar-refractivity contribution >= 4 is 17.2 Å². The molecule has 0 aromatic carbocycles. The Labute approximate surface area is 132 Å². The molecule has 3 nitrogen and oxygen atoms in total. The third kappa shape index (κ3) is 4.83. The van der Waals surface area contributed by atoms with Gasteiger partial charge in [0, 0.05) is 35.3 Å². The molecule has 0 saturated carbocycles. The summed E-state index contributed by atoms with van der Waals surface area (Å²) in [5, 5.41) is 5.68. The fourth-order valence-corrected chi connectivity index (χ4v) is 2.86. The van der Waals surface area contributed by atoms with Crippen molar-refractivity contribution in [3.63, 3.8) is 0 Å². The van der Waals surface area contributed by atoms with Crippen molar-refractivity contribution in [2.45, 2.75) is 46.3 Å². The molecular formula is C17H25N3S. The first-order chi connectivity index (χ1) is 9.99. The van der Waals surface area contributed by atoms with Gasteiger partial charge in [0.25, 0.3) is 0 Å². The first kappa shape index (κ1) is 16.0. The Bertz CT molecular complexity index is 543. The maximum atomic E-state index is 4.62. The van der Waals surface area contributed by atoms with E-state index in [4.69, 9.17) is 0 Å². The Kier molecular flexibility index (Phi) is 5.37. The Morgan fingerprint density at radius 3 is 2.67 bits per heavy atom. The van der Waals surface area contributed by atoms with E-state index in [0.29, 0.717) is 0 Å². The summed E-state index contributed by atoms with van der Waals surface area (Å²) in [7, 11) is 0. The third-order valence-electron chi connectivity index (χ3n) is 3.28. The summed E-state index contributed by atoms with van der Waals surface area (Å²) in [5.74, 6) is 1.09. The standard InChI is InChI=1S/C17H25N3S/c1-5-20(13-15-9-7-11-21-15)16-14(8-6-10-18-16)12-19-17(2,3)4/h6-11,19H,5,12-13H2,1-4H3. The molecule has 0 saturated heterocycles. The third-order valence-corrected chi connectivity index (χ3v) is 4.15. The number of hydrogen-bond acceptors (Lipinski definition) is 4. The molecule has 0 atom stereocenters. The average molecular weight is 303 g/mol. The van der Waals surface area contributed by atoms with Crippen LogP contribution in [0.3, 0.4) is 0 Å². The topological polar surface area (TPSA) is 28.2 Å². The maximum Gasteiger partial charge on any atom is 0.133 e. The van der Waals surface area contributed by atoms with E-state index in [1.807, 2.05) is 12.3 Å². The van der Waals surface area contributed by atoms with Gasteiger partial charge in [-0.25, -0.2) is 4.98 Å². The van der Waals surface area contributed by atoms with Gasteiger partial charge in [-0.15, -0.1) is 11.3 Å². The molecular weight excluding hydrogens is 278 g/mol. The van der Waals surface area contributed by atoms with Crippen LogP contribution in [0, 0.1) is 0 Å². The first-order valence-corrected chi connectivity index (χ1v) is 8.34. The number of hydrogen-bond donors (Lipinski definition) is 1. The van der Waals surface area contributed by atoms with Gasteiger partial charge in [-0.1, -0.05) is 12.1 Å². The van der Waals surface area contributed by atoms with E-state index in [9.17, 15) is 0 Å². The van der Waals surface area contributed by atoms with Gasteiger partial charge in [0.15, 0.2) is 0 Å². The van der Waals surface area contributed by atoms with Gasteiger partial charge in [0.05, 0.1) is 6.54 Å². The Morgan fingerprint density at radius 2 is 2.05 bits per heavy atom. The van der Waals surface area contributed by atoms with E-state index in [-0.39, 0.29) is 5.54 Å². The molecule has 0 aliphatic heterocycles. The van der Waals surface area contributed by atoms with E-state index in [2.05, 4.69) is 66.5 Å². The molecule has 0 fully saturated rings. The van der Waals surface area contributed by atoms with E-state index in [1.54, 1.807) is 11.3 Å². The van der Waals surface area contributed by atoms with E-state index in [1.165, 1.54) is 10.4 Å². The normalized spacial score (nSPS) is 11.6. The molecule has 0 aliphatic carbocycles. The SMILES string of the molecule is CCN(Cc1cccs1)c1ncccc1CNC(C)(C)C. The smallest absolute Gasteiger partial charge is 0.133 e. The molecule has 2 aromatic heterocycles. The van der Waals surface area contributed by atoms with Crippen molar-refractivity contribution in [3.8, 4) is 0 Å². The number of anilines is 1. The summed E-state index contributed by atoms with van der Waals surface area (Å²) in [6, 6.07) is 8.47. The second-order valence-electron chi connectivity index (χ2n) is 6.18. The van der Waals surface area contributed by atoms with E-state index in [0.717, 1.165) is 25.5 Å². The van der Waals surface area contributed by atoms with Crippen LogP contribution in [-0.2, 0) is 13.1 Å². The monoisotopic (exact) mass is 303 g/mol. The molecule has 0 spiro atoms. The fraction of sp³-hybridized carbons (Fsp3) is 0.471. The predicted molar refractivity (Wildman–Crippen MR) is 91.9 cm³/mol. The number of thiophene rings is 1. The zero-order valence-corrected chi connectivity index (χ0v) is 14.2. The lowest BCUT2D eigenvalue weighted by Crippen LogP contribution is -2.36. The minimum Gasteiger partial charge on any atom is -0.351 e. The molecule has 1 N–H and O–H groups in total. The van der Waals surface area contributed by atoms with E-state index >= 15 is 0 Å². The van der Waals surface area contributed by atoms with Crippen LogP contribution >= 0.6 is 11.3 Å². The second-order valence-corrected chi connectivity index (χ2v) is 7.22. The van der Waals surface area contributed by atoms with Crippen molar-refractivity contribution in [1.29, 1.82) is 0 Å². The van der Waals surface area contributed by atoms with Crippen LogP contribution < -0.4 is 10.2 Å². The van der Waals surface area contributed by atoms with Crippen LogP contribution in [0.1, 0.15) is 38.1 Å². The molecule has 21 heavy (non-hydrogen) atoms. The Balaban J connectivity index is 2.16. The minimum atomic E-state index is 0.109. The number of nitrogens with zero attached hydrogens (tertiary/aromatic N) is 2. The summed E-state index contributed by atoms with van der Waals surface area (Å²) in [6.07, 6.45) is 1.88. The van der Waals surface area contributed by atoms with Gasteiger partial charge in [0.1, 0.15) is 5.82 Å². The molecule has 0 bridgehead atoms. The van der Waals surface area contributed by atoms with Gasteiger partial charge >= 0.3 is 0 Å². The van der Waals surface area contributed by atoms with Gasteiger partial charge in [-0.05, 0) is 45.2 Å². The molecule has 2 aromatic rings. The van der Waals surface area contributed by atoms with Gasteiger partial charge in [-0.2, -0.15) is 0 Å². The molecule has 4 heteroatoms. The van der Waals surface area contributed by atoms with Gasteiger partial charge in [-0.3, -0.25) is 0 Å². The minimum absolute atomic E-state index is 0.109. The van der Waals surface area contributed by atoms with Gasteiger partial charge in [0.2, 0.25) is 0 Å². The lowest BCUT2D eigenvalue weighted by molar-refractivity contribution is 0.424. The largest absolute Gasteiger partial charge is 0.351 e. The maximum absolute atomic E-state index is 4.62. The van der Waals surface area contributed by atoms with Crippen LogP contribution in [0.2, 0.25) is 0 Å². The fourth-order valence-electron chi connectivity index (χ4n) is 2.14. The molecule has 2 rings (SSSR count). The zero-order chi connectivity index (χ0) is 15.3. The summed E-state index contributed by atoms with van der Waals surface area (Å²) in [4.78, 5) is 8.33. The van der Waals surface area contributed by atoms with Crippen LogP contribution in [-0.4, -0.2) is 17.1 Å². The zero-order valence-electron chi connectivity index (χ0n) is 13.4. The summed E-state index contributed by atoms with van der Waals surface area (Å²) in [5.41, 5.74) is 1.36. The second kappa shape index (κ2) is 7.05. The van der Waals surface area contributed by atoms with Crippen LogP contribution in [0.5, 0.6) is 0 Å². The highest BCUT2D eigenvalue weighted by Gasteiger charge is 2.14. The summed E-state index contributed by atoms with van der Waals surface area (Å²) in [6.45, 7) is 11.5. The highest BCUT2D eigenvalue weighted by atomic mass is 32.1. The highest BCUT2D eigenvalue weighted by molar-refractivity contribution is 7.09. The van der Waals surface area contributed by atoms with Crippen molar-refractivity contribution in [2.24, 2.45) is 0 Å². The van der Waals surface area contributed by atoms with Crippen molar-refractivity contribution in [1.82, 2.24) is 10.3 Å². The number of aromatic nitrogens is 1. The lowest BCUT2D eigenvalue weighted by Gasteiger charge is -2.26. The summed E-state index contributed by atoms with van der Waals surface area (Å²) < 4.78 is 0. The number of rotatable bonds is 6. The molecule has 0 radical (unpaired) electrons. The lowest BCUT2D eigenvalue weighted by atomic mass is 10.1. The molecule has 0 amide bonds. The Morgan fingerprint density at radius 1 is 1.24 bits per heavy atom. The van der Waals surface area contributed by atoms with Crippen molar-refractivity contribution in [3.05, 3.63) is 46.3 Å². The van der Waals surface area contributed by atoms with Crippen LogP contribution in [0.25, 0.3) is 0 Å². The van der Waals surface area contributed by atoms with Crippen LogP contribution in [0.4, 0.5) is 5.82 Å². The molecule has 2 heterocycles. The molecule has 0 unspecified atom stereocenters. The van der Waals surface area contributed by atoms with E-state index < -0.39 is 0 Å². The number of pyridine rings is 1. The van der Waals surface area contributed by atoms with Crippen LogP contribution in [0.15, 0.2) is 35.8 Å². The highest BCUT2D eigenvalue weighted by Crippen LogP contribution is 2.21. The average Bonchev–Trinajstić information content (AvgIpc) is 2.95. The Hall–Kier alpha value is -1.39. The van der Waals surface area contributed by atoms with Crippen molar-refractivity contribution in [2.75, 3.05) is 11.4 Å².